The van der Waals surface area contributed by atoms with Crippen LogP contribution in [0.5, 0.6) is 0 Å². The highest BCUT2D eigenvalue weighted by molar-refractivity contribution is 7.91. The normalized spacial score (nSPS) is 11.6. The molecule has 0 atom stereocenters. The lowest BCUT2D eigenvalue weighted by Crippen LogP contribution is -2.24. The van der Waals surface area contributed by atoms with Crippen LogP contribution in [0.4, 0.5) is 0 Å². The number of hydrogen-bond donors (Lipinski definition) is 2. The molecule has 4 nitrogen and oxygen atoms in total. The van der Waals surface area contributed by atoms with Crippen LogP contribution in [0.15, 0.2) is 16.3 Å². The summed E-state index contributed by atoms with van der Waals surface area (Å²) in [6, 6.07) is 3.42. The minimum atomic E-state index is -3.34. The maximum Gasteiger partial charge on any atom is 0.250 e. The van der Waals surface area contributed by atoms with Gasteiger partial charge in [-0.3, -0.25) is 0 Å². The lowest BCUT2D eigenvalue weighted by Gasteiger charge is -2.04. The van der Waals surface area contributed by atoms with Crippen LogP contribution in [0.1, 0.15) is 24.1 Å². The third kappa shape index (κ3) is 5.12. The summed E-state index contributed by atoms with van der Waals surface area (Å²) in [6.45, 7) is 2.30. The van der Waals surface area contributed by atoms with E-state index in [1.54, 1.807) is 12.1 Å². The first kappa shape index (κ1) is 14.6. The molecule has 17 heavy (non-hydrogen) atoms. The Morgan fingerprint density at radius 3 is 2.71 bits per heavy atom. The van der Waals surface area contributed by atoms with Crippen molar-refractivity contribution in [1.29, 1.82) is 0 Å². The number of nitrogens with one attached hydrogen (secondary N) is 1. The Bertz CT molecular complexity index is 479. The molecule has 1 rings (SSSR count). The van der Waals surface area contributed by atoms with Crippen molar-refractivity contribution in [2.24, 2.45) is 5.73 Å². The lowest BCUT2D eigenvalue weighted by atomic mass is 10.2. The quantitative estimate of drug-likeness (QED) is 0.593. The predicted molar refractivity (Wildman–Crippen MR) is 74.9 cm³/mol. The second-order valence-corrected chi connectivity index (χ2v) is 7.49. The number of nitrogens with two attached hydrogens (primary N) is 1. The van der Waals surface area contributed by atoms with Crippen LogP contribution in [-0.2, 0) is 10.0 Å². The van der Waals surface area contributed by atoms with Crippen molar-refractivity contribution in [3.63, 3.8) is 0 Å². The van der Waals surface area contributed by atoms with E-state index in [-0.39, 0.29) is 0 Å². The van der Waals surface area contributed by atoms with Gasteiger partial charge in [-0.1, -0.05) is 12.2 Å². The highest BCUT2D eigenvalue weighted by Crippen LogP contribution is 2.20. The molecule has 0 aliphatic rings. The standard InChI is InChI=1S/C10H16N2O2S3/c1-8-5-6-10(16-8)17(13,14)12-7-3-2-4-9(11)15/h5-6,12H,2-4,7H2,1H3,(H2,11,15). The molecule has 1 aromatic rings. The molecule has 96 valence electrons. The molecule has 0 aliphatic carbocycles. The van der Waals surface area contributed by atoms with Gasteiger partial charge in [0, 0.05) is 11.4 Å². The molecule has 1 aromatic heterocycles. The van der Waals surface area contributed by atoms with Crippen LogP contribution in [0.2, 0.25) is 0 Å². The van der Waals surface area contributed by atoms with Crippen LogP contribution in [0, 0.1) is 6.92 Å². The van der Waals surface area contributed by atoms with Crippen molar-refractivity contribution in [2.75, 3.05) is 6.54 Å². The van der Waals surface area contributed by atoms with Crippen LogP contribution in [-0.4, -0.2) is 20.0 Å². The van der Waals surface area contributed by atoms with Gasteiger partial charge in [-0.25, -0.2) is 13.1 Å². The van der Waals surface area contributed by atoms with Crippen LogP contribution >= 0.6 is 23.6 Å². The first-order valence-electron chi connectivity index (χ1n) is 5.26. The van der Waals surface area contributed by atoms with Gasteiger partial charge in [0.1, 0.15) is 4.21 Å². The van der Waals surface area contributed by atoms with E-state index >= 15 is 0 Å². The molecule has 0 bridgehead atoms. The van der Waals surface area contributed by atoms with E-state index in [1.165, 1.54) is 11.3 Å². The minimum Gasteiger partial charge on any atom is -0.393 e. The largest absolute Gasteiger partial charge is 0.393 e. The Labute approximate surface area is 111 Å². The summed E-state index contributed by atoms with van der Waals surface area (Å²) in [5.74, 6) is 0. The van der Waals surface area contributed by atoms with Crippen LogP contribution < -0.4 is 10.5 Å². The molecular weight excluding hydrogens is 276 g/mol. The summed E-state index contributed by atoms with van der Waals surface area (Å²) in [5.41, 5.74) is 5.35. The van der Waals surface area contributed by atoms with E-state index in [0.717, 1.165) is 17.7 Å². The van der Waals surface area contributed by atoms with Crippen LogP contribution in [0.25, 0.3) is 0 Å². The van der Waals surface area contributed by atoms with Crippen molar-refractivity contribution < 1.29 is 8.42 Å². The predicted octanol–water partition coefficient (Wildman–Crippen LogP) is 1.79. The van der Waals surface area contributed by atoms with Crippen molar-refractivity contribution in [1.82, 2.24) is 4.72 Å². The van der Waals surface area contributed by atoms with Crippen molar-refractivity contribution >= 4 is 38.6 Å². The fourth-order valence-corrected chi connectivity index (χ4v) is 3.80. The monoisotopic (exact) mass is 292 g/mol. The molecule has 0 unspecified atom stereocenters. The highest BCUT2D eigenvalue weighted by atomic mass is 32.2. The molecule has 0 amide bonds. The van der Waals surface area contributed by atoms with Gasteiger partial charge in [0.15, 0.2) is 0 Å². The Morgan fingerprint density at radius 2 is 2.18 bits per heavy atom. The maximum atomic E-state index is 11.8. The molecule has 0 aliphatic heterocycles. The molecule has 0 radical (unpaired) electrons. The number of sulfonamides is 1. The SMILES string of the molecule is Cc1ccc(S(=O)(=O)NCCCCC(N)=S)s1. The molecular formula is C10H16N2O2S3. The Balaban J connectivity index is 2.38. The van der Waals surface area contributed by atoms with Gasteiger partial charge in [0.05, 0.1) is 4.99 Å². The second-order valence-electron chi connectivity index (χ2n) is 3.69. The van der Waals surface area contributed by atoms with Crippen LogP contribution in [0.3, 0.4) is 0 Å². The first-order valence-corrected chi connectivity index (χ1v) is 7.97. The number of rotatable bonds is 7. The summed E-state index contributed by atoms with van der Waals surface area (Å²) < 4.78 is 26.5. The average molecular weight is 292 g/mol. The summed E-state index contributed by atoms with van der Waals surface area (Å²) in [5, 5.41) is 0. The third-order valence-electron chi connectivity index (χ3n) is 2.12. The zero-order chi connectivity index (χ0) is 12.9. The van der Waals surface area contributed by atoms with Gasteiger partial charge in [0.2, 0.25) is 10.0 Å². The Hall–Kier alpha value is -0.500. The van der Waals surface area contributed by atoms with Gasteiger partial charge < -0.3 is 5.73 Å². The fourth-order valence-electron chi connectivity index (χ4n) is 1.26. The first-order chi connectivity index (χ1) is 7.92. The van der Waals surface area contributed by atoms with E-state index in [9.17, 15) is 8.42 Å². The van der Waals surface area contributed by atoms with Gasteiger partial charge in [-0.05, 0) is 38.3 Å². The fraction of sp³-hybridized carbons (Fsp3) is 0.500. The van der Waals surface area contributed by atoms with Gasteiger partial charge in [0.25, 0.3) is 0 Å². The smallest absolute Gasteiger partial charge is 0.250 e. The second kappa shape index (κ2) is 6.44. The van der Waals surface area contributed by atoms with E-state index in [1.807, 2.05) is 6.92 Å². The summed E-state index contributed by atoms with van der Waals surface area (Å²) in [4.78, 5) is 1.46. The molecule has 0 fully saturated rings. The number of thiophene rings is 1. The number of unbranched alkanes of at least 4 members (excludes halogenated alkanes) is 1. The van der Waals surface area contributed by atoms with E-state index in [2.05, 4.69) is 4.72 Å². The summed E-state index contributed by atoms with van der Waals surface area (Å²) >= 11 is 6.01. The lowest BCUT2D eigenvalue weighted by molar-refractivity contribution is 0.579. The zero-order valence-electron chi connectivity index (χ0n) is 9.60. The number of hydrogen-bond acceptors (Lipinski definition) is 4. The van der Waals surface area contributed by atoms with Gasteiger partial charge in [-0.2, -0.15) is 0 Å². The molecule has 0 spiro atoms. The van der Waals surface area contributed by atoms with Crippen molar-refractivity contribution in [2.45, 2.75) is 30.4 Å². The maximum absolute atomic E-state index is 11.8. The zero-order valence-corrected chi connectivity index (χ0v) is 12.1. The number of aryl methyl sites for hydroxylation is 1. The Kier molecular flexibility index (Phi) is 5.51. The average Bonchev–Trinajstić information content (AvgIpc) is 2.64. The topological polar surface area (TPSA) is 72.2 Å². The molecule has 0 aromatic carbocycles. The number of thiocarbonyl (C=S) groups is 1. The van der Waals surface area contributed by atoms with Crippen molar-refractivity contribution in [3.05, 3.63) is 17.0 Å². The summed E-state index contributed by atoms with van der Waals surface area (Å²) in [6.07, 6.45) is 2.21. The molecule has 1 heterocycles. The third-order valence-corrected chi connectivity index (χ3v) is 5.28. The molecule has 3 N–H and O–H groups in total. The summed E-state index contributed by atoms with van der Waals surface area (Å²) in [7, 11) is -3.34. The van der Waals surface area contributed by atoms with Gasteiger partial charge >= 0.3 is 0 Å². The van der Waals surface area contributed by atoms with Gasteiger partial charge in [-0.15, -0.1) is 11.3 Å². The molecule has 0 saturated heterocycles. The highest BCUT2D eigenvalue weighted by Gasteiger charge is 2.14. The molecule has 7 heteroatoms. The Morgan fingerprint density at radius 1 is 1.47 bits per heavy atom. The van der Waals surface area contributed by atoms with E-state index in [0.29, 0.717) is 22.2 Å². The molecule has 0 saturated carbocycles. The minimum absolute atomic E-state index is 0.365. The van der Waals surface area contributed by atoms with Crippen molar-refractivity contribution in [3.8, 4) is 0 Å². The van der Waals surface area contributed by atoms with E-state index in [4.69, 9.17) is 18.0 Å². The van der Waals surface area contributed by atoms with E-state index < -0.39 is 10.0 Å².